The first-order chi connectivity index (χ1) is 14.0. The summed E-state index contributed by atoms with van der Waals surface area (Å²) in [6.07, 6.45) is 3.86. The number of aryl methyl sites for hydroxylation is 2. The van der Waals surface area contributed by atoms with Gasteiger partial charge in [0.25, 0.3) is 0 Å². The minimum absolute atomic E-state index is 0.413. The molecule has 0 radical (unpaired) electrons. The van der Waals surface area contributed by atoms with Gasteiger partial charge in [-0.05, 0) is 36.5 Å². The molecule has 0 aliphatic carbocycles. The number of nitrogens with zero attached hydrogens (tertiary/aromatic N) is 3. The Balaban J connectivity index is 1.52. The second-order valence-electron chi connectivity index (χ2n) is 7.54. The molecule has 2 aromatic carbocycles. The highest BCUT2D eigenvalue weighted by atomic mass is 15.2. The zero-order valence-corrected chi connectivity index (χ0v) is 17.8. The molecule has 0 aliphatic rings. The summed E-state index contributed by atoms with van der Waals surface area (Å²) in [6, 6.07) is 17.4. The maximum Gasteiger partial charge on any atom is 0.191 e. The number of rotatable bonds is 7. The normalized spacial score (nSPS) is 12.6. The van der Waals surface area contributed by atoms with Crippen LogP contribution in [0.1, 0.15) is 40.9 Å². The second-order valence-corrected chi connectivity index (χ2v) is 7.54. The zero-order chi connectivity index (χ0) is 20.6. The van der Waals surface area contributed by atoms with E-state index in [1.54, 1.807) is 0 Å². The summed E-state index contributed by atoms with van der Waals surface area (Å²) in [7, 11) is 1.81. The minimum atomic E-state index is 0.413. The monoisotopic (exact) mass is 389 g/mol. The van der Waals surface area contributed by atoms with Gasteiger partial charge in [0.15, 0.2) is 5.96 Å². The van der Waals surface area contributed by atoms with E-state index in [1.807, 2.05) is 26.4 Å². The van der Waals surface area contributed by atoms with Gasteiger partial charge < -0.3 is 15.2 Å². The molecule has 1 aromatic heterocycles. The van der Waals surface area contributed by atoms with Crippen LogP contribution < -0.4 is 10.6 Å². The van der Waals surface area contributed by atoms with E-state index in [4.69, 9.17) is 0 Å². The molecule has 1 unspecified atom stereocenters. The largest absolute Gasteiger partial charge is 0.356 e. The maximum atomic E-state index is 4.36. The van der Waals surface area contributed by atoms with Crippen LogP contribution in [0.2, 0.25) is 0 Å². The predicted octanol–water partition coefficient (Wildman–Crippen LogP) is 4.02. The van der Waals surface area contributed by atoms with E-state index >= 15 is 0 Å². The number of imidazole rings is 1. The number of aliphatic imine (C=N–C) groups is 1. The molecule has 3 rings (SSSR count). The number of guanidine groups is 1. The van der Waals surface area contributed by atoms with Crippen molar-refractivity contribution in [1.82, 2.24) is 20.2 Å². The highest BCUT2D eigenvalue weighted by Crippen LogP contribution is 2.14. The van der Waals surface area contributed by atoms with Crippen LogP contribution in [-0.4, -0.2) is 29.1 Å². The second kappa shape index (κ2) is 9.92. The van der Waals surface area contributed by atoms with Gasteiger partial charge in [-0.3, -0.25) is 4.99 Å². The molecule has 0 amide bonds. The summed E-state index contributed by atoms with van der Waals surface area (Å²) >= 11 is 0. The molecule has 0 saturated carbocycles. The summed E-state index contributed by atoms with van der Waals surface area (Å²) in [6.45, 7) is 8.77. The SMILES string of the molecule is CN=C(NCc1cccc(Cn2ccnc2C)c1)NCC(C)c1ccc(C)cc1. The molecule has 5 nitrogen and oxygen atoms in total. The van der Waals surface area contributed by atoms with Gasteiger partial charge in [0.05, 0.1) is 0 Å². The van der Waals surface area contributed by atoms with Crippen LogP contribution in [0.25, 0.3) is 0 Å². The van der Waals surface area contributed by atoms with Gasteiger partial charge in [-0.2, -0.15) is 0 Å². The van der Waals surface area contributed by atoms with Crippen LogP contribution in [0.4, 0.5) is 0 Å². The van der Waals surface area contributed by atoms with E-state index < -0.39 is 0 Å². The molecular formula is C24H31N5. The Morgan fingerprint density at radius 2 is 1.83 bits per heavy atom. The number of hydrogen-bond donors (Lipinski definition) is 2. The van der Waals surface area contributed by atoms with Crippen molar-refractivity contribution in [2.24, 2.45) is 4.99 Å². The summed E-state index contributed by atoms with van der Waals surface area (Å²) in [4.78, 5) is 8.65. The van der Waals surface area contributed by atoms with Gasteiger partial charge in [0.2, 0.25) is 0 Å². The number of aromatic nitrogens is 2. The van der Waals surface area contributed by atoms with Gasteiger partial charge in [0, 0.05) is 39.1 Å². The third-order valence-corrected chi connectivity index (χ3v) is 5.17. The molecule has 152 valence electrons. The van der Waals surface area contributed by atoms with Gasteiger partial charge >= 0.3 is 0 Å². The average molecular weight is 390 g/mol. The van der Waals surface area contributed by atoms with E-state index in [9.17, 15) is 0 Å². The fourth-order valence-corrected chi connectivity index (χ4v) is 3.27. The molecule has 5 heteroatoms. The van der Waals surface area contributed by atoms with E-state index in [1.165, 1.54) is 22.3 Å². The van der Waals surface area contributed by atoms with Crippen molar-refractivity contribution in [1.29, 1.82) is 0 Å². The highest BCUT2D eigenvalue weighted by Gasteiger charge is 2.07. The van der Waals surface area contributed by atoms with E-state index in [0.29, 0.717) is 5.92 Å². The lowest BCUT2D eigenvalue weighted by Gasteiger charge is -2.17. The summed E-state index contributed by atoms with van der Waals surface area (Å²) < 4.78 is 2.15. The minimum Gasteiger partial charge on any atom is -0.356 e. The third kappa shape index (κ3) is 5.95. The first-order valence-electron chi connectivity index (χ1n) is 10.1. The van der Waals surface area contributed by atoms with Crippen molar-refractivity contribution in [3.8, 4) is 0 Å². The molecule has 1 heterocycles. The standard InChI is InChI=1S/C24H31N5/c1-18-8-10-23(11-9-18)19(2)15-27-24(25-4)28-16-21-6-5-7-22(14-21)17-29-13-12-26-20(29)3/h5-14,19H,15-17H2,1-4H3,(H2,25,27,28). The third-order valence-electron chi connectivity index (χ3n) is 5.17. The van der Waals surface area contributed by atoms with Crippen LogP contribution >= 0.6 is 0 Å². The molecule has 0 aliphatic heterocycles. The van der Waals surface area contributed by atoms with Crippen molar-refractivity contribution in [2.45, 2.75) is 39.8 Å². The molecule has 2 N–H and O–H groups in total. The van der Waals surface area contributed by atoms with Crippen LogP contribution in [0.15, 0.2) is 65.9 Å². The van der Waals surface area contributed by atoms with Gasteiger partial charge in [-0.15, -0.1) is 0 Å². The van der Waals surface area contributed by atoms with Crippen LogP contribution in [0, 0.1) is 13.8 Å². The lowest BCUT2D eigenvalue weighted by atomic mass is 10.0. The van der Waals surface area contributed by atoms with Gasteiger partial charge in [-0.25, -0.2) is 4.98 Å². The van der Waals surface area contributed by atoms with Crippen molar-refractivity contribution < 1.29 is 0 Å². The van der Waals surface area contributed by atoms with Crippen LogP contribution in [-0.2, 0) is 13.1 Å². The summed E-state index contributed by atoms with van der Waals surface area (Å²) in [5, 5.41) is 6.86. The van der Waals surface area contributed by atoms with E-state index in [-0.39, 0.29) is 0 Å². The lowest BCUT2D eigenvalue weighted by molar-refractivity contribution is 0.698. The first kappa shape index (κ1) is 20.6. The maximum absolute atomic E-state index is 4.36. The van der Waals surface area contributed by atoms with Gasteiger partial charge in [0.1, 0.15) is 5.82 Å². The zero-order valence-electron chi connectivity index (χ0n) is 17.8. The van der Waals surface area contributed by atoms with Crippen molar-refractivity contribution in [3.05, 3.63) is 89.0 Å². The molecular weight excluding hydrogens is 358 g/mol. The quantitative estimate of drug-likeness (QED) is 0.474. The Kier molecular flexibility index (Phi) is 7.06. The average Bonchev–Trinajstić information content (AvgIpc) is 3.13. The fourth-order valence-electron chi connectivity index (χ4n) is 3.27. The fraction of sp³-hybridized carbons (Fsp3) is 0.333. The highest BCUT2D eigenvalue weighted by molar-refractivity contribution is 5.79. The predicted molar refractivity (Wildman–Crippen MR) is 120 cm³/mol. The van der Waals surface area contributed by atoms with Crippen molar-refractivity contribution >= 4 is 5.96 Å². The van der Waals surface area contributed by atoms with Gasteiger partial charge in [-0.1, -0.05) is 61.0 Å². The molecule has 29 heavy (non-hydrogen) atoms. The smallest absolute Gasteiger partial charge is 0.191 e. The first-order valence-corrected chi connectivity index (χ1v) is 10.1. The van der Waals surface area contributed by atoms with Crippen LogP contribution in [0.3, 0.4) is 0 Å². The Morgan fingerprint density at radius 3 is 2.52 bits per heavy atom. The topological polar surface area (TPSA) is 54.2 Å². The number of nitrogens with one attached hydrogen (secondary N) is 2. The Morgan fingerprint density at radius 1 is 1.07 bits per heavy atom. The van der Waals surface area contributed by atoms with Crippen LogP contribution in [0.5, 0.6) is 0 Å². The number of hydrogen-bond acceptors (Lipinski definition) is 2. The van der Waals surface area contributed by atoms with E-state index in [0.717, 1.165) is 31.4 Å². The lowest BCUT2D eigenvalue weighted by Crippen LogP contribution is -2.38. The molecule has 1 atom stereocenters. The molecule has 0 bridgehead atoms. The summed E-state index contributed by atoms with van der Waals surface area (Å²) in [5.41, 5.74) is 5.12. The molecule has 0 spiro atoms. The van der Waals surface area contributed by atoms with E-state index in [2.05, 4.69) is 87.6 Å². The summed E-state index contributed by atoms with van der Waals surface area (Å²) in [5.74, 6) is 2.26. The Bertz CT molecular complexity index is 940. The molecule has 0 saturated heterocycles. The molecule has 0 fully saturated rings. The van der Waals surface area contributed by atoms with Crippen molar-refractivity contribution in [3.63, 3.8) is 0 Å². The Labute approximate surface area is 173 Å². The Hall–Kier alpha value is -3.08. The number of benzene rings is 2. The molecule has 3 aromatic rings. The van der Waals surface area contributed by atoms with Crippen molar-refractivity contribution in [2.75, 3.05) is 13.6 Å².